The number of phenolic OH excluding ortho intramolecular Hbond substituents is 1. The summed E-state index contributed by atoms with van der Waals surface area (Å²) in [5, 5.41) is 31.7. The van der Waals surface area contributed by atoms with Gasteiger partial charge >= 0.3 is 0 Å². The smallest absolute Gasteiger partial charge is 0.297 e. The number of aromatic hydroxyl groups is 1. The molecule has 1 saturated heterocycles. The number of nitrogens with zero attached hydrogens (tertiary/aromatic N) is 4. The first-order chi connectivity index (χ1) is 14.5. The van der Waals surface area contributed by atoms with Crippen molar-refractivity contribution < 1.29 is 19.0 Å². The van der Waals surface area contributed by atoms with E-state index in [1.165, 1.54) is 12.1 Å². The summed E-state index contributed by atoms with van der Waals surface area (Å²) in [5.74, 6) is -0.782. The fraction of sp³-hybridized carbons (Fsp3) is 0.381. The molecule has 8 nitrogen and oxygen atoms in total. The minimum Gasteiger partial charge on any atom is -0.507 e. The monoisotopic (exact) mass is 411 g/mol. The Bertz CT molecular complexity index is 1100. The molecule has 1 aromatic carbocycles. The summed E-state index contributed by atoms with van der Waals surface area (Å²) in [5.41, 5.74) is 1.51. The fourth-order valence-electron chi connectivity index (χ4n) is 3.92. The van der Waals surface area contributed by atoms with Gasteiger partial charge in [-0.05, 0) is 44.0 Å². The topological polar surface area (TPSA) is 118 Å². The number of hydrogen-bond acceptors (Lipinski definition) is 8. The number of aliphatic hydroxyl groups is 1. The molecule has 3 N–H and O–H groups in total. The molecule has 4 rings (SSSR count). The van der Waals surface area contributed by atoms with Crippen molar-refractivity contribution in [3.8, 4) is 23.1 Å². The minimum absolute atomic E-state index is 0.0601. The third kappa shape index (κ3) is 3.92. The van der Waals surface area contributed by atoms with Crippen LogP contribution in [0.25, 0.3) is 22.5 Å². The number of anilines is 1. The number of nitriles is 1. The van der Waals surface area contributed by atoms with E-state index >= 15 is 0 Å². The Morgan fingerprint density at radius 3 is 2.93 bits per heavy atom. The van der Waals surface area contributed by atoms with Crippen LogP contribution in [-0.2, 0) is 0 Å². The van der Waals surface area contributed by atoms with Gasteiger partial charge in [-0.3, -0.25) is 4.90 Å². The van der Waals surface area contributed by atoms with Crippen molar-refractivity contribution in [1.82, 2.24) is 14.9 Å². The zero-order valence-electron chi connectivity index (χ0n) is 16.5. The number of aliphatic hydroxyl groups excluding tert-OH is 1. The van der Waals surface area contributed by atoms with E-state index in [1.54, 1.807) is 13.0 Å². The molecule has 156 valence electrons. The van der Waals surface area contributed by atoms with Crippen LogP contribution in [0.15, 0.2) is 22.6 Å². The van der Waals surface area contributed by atoms with Crippen LogP contribution in [0.3, 0.4) is 0 Å². The number of hydrogen-bond donors (Lipinski definition) is 3. The van der Waals surface area contributed by atoms with Gasteiger partial charge in [0.15, 0.2) is 5.82 Å². The highest BCUT2D eigenvalue weighted by Crippen LogP contribution is 2.34. The highest BCUT2D eigenvalue weighted by atomic mass is 19.1. The van der Waals surface area contributed by atoms with Crippen LogP contribution in [0.2, 0.25) is 0 Å². The van der Waals surface area contributed by atoms with Crippen molar-refractivity contribution >= 4 is 17.2 Å². The molecule has 30 heavy (non-hydrogen) atoms. The summed E-state index contributed by atoms with van der Waals surface area (Å²) in [6.07, 6.45) is 1.89. The van der Waals surface area contributed by atoms with Gasteiger partial charge in [0, 0.05) is 30.8 Å². The van der Waals surface area contributed by atoms with Crippen molar-refractivity contribution in [3.63, 3.8) is 0 Å². The van der Waals surface area contributed by atoms with Crippen molar-refractivity contribution in [3.05, 3.63) is 35.1 Å². The molecule has 9 heteroatoms. The summed E-state index contributed by atoms with van der Waals surface area (Å²) in [7, 11) is 0. The maximum absolute atomic E-state index is 14.7. The van der Waals surface area contributed by atoms with Crippen LogP contribution in [0.5, 0.6) is 5.75 Å². The highest BCUT2D eigenvalue weighted by molar-refractivity contribution is 5.79. The zero-order chi connectivity index (χ0) is 21.3. The Labute approximate surface area is 172 Å². The minimum atomic E-state index is -0.635. The average molecular weight is 411 g/mol. The second-order valence-electron chi connectivity index (χ2n) is 7.47. The maximum Gasteiger partial charge on any atom is 0.297 e. The SMILES string of the molecule is Cc1cc(C#N)cc(O)c1-c1cc(F)c2oc(N[C@@H]3CCCN(CCO)C3)nc2n1. The largest absolute Gasteiger partial charge is 0.507 e. The molecule has 1 fully saturated rings. The van der Waals surface area contributed by atoms with Gasteiger partial charge in [0.25, 0.3) is 6.01 Å². The molecule has 0 aliphatic carbocycles. The summed E-state index contributed by atoms with van der Waals surface area (Å²) in [6.45, 7) is 4.10. The van der Waals surface area contributed by atoms with Gasteiger partial charge in [-0.1, -0.05) is 0 Å². The summed E-state index contributed by atoms with van der Waals surface area (Å²) in [4.78, 5) is 10.8. The first-order valence-electron chi connectivity index (χ1n) is 9.79. The number of piperidine rings is 1. The molecular weight excluding hydrogens is 389 g/mol. The van der Waals surface area contributed by atoms with Crippen molar-refractivity contribution in [2.24, 2.45) is 0 Å². The molecule has 0 unspecified atom stereocenters. The number of fused-ring (bicyclic) bond motifs is 1. The molecule has 0 saturated carbocycles. The fourth-order valence-corrected chi connectivity index (χ4v) is 3.92. The molecule has 0 bridgehead atoms. The van der Waals surface area contributed by atoms with Crippen LogP contribution >= 0.6 is 0 Å². The number of halogens is 1. The first kappa shape index (κ1) is 20.1. The molecule has 0 spiro atoms. The predicted octanol–water partition coefficient (Wildman–Crippen LogP) is 2.78. The second kappa shape index (κ2) is 8.26. The number of aryl methyl sites for hydroxylation is 1. The van der Waals surface area contributed by atoms with Gasteiger partial charge in [-0.15, -0.1) is 0 Å². The van der Waals surface area contributed by atoms with Crippen LogP contribution in [-0.4, -0.2) is 57.4 Å². The second-order valence-corrected chi connectivity index (χ2v) is 7.47. The van der Waals surface area contributed by atoms with Crippen molar-refractivity contribution in [1.29, 1.82) is 5.26 Å². The van der Waals surface area contributed by atoms with Gasteiger partial charge in [0.1, 0.15) is 5.75 Å². The van der Waals surface area contributed by atoms with E-state index in [-0.39, 0.29) is 41.3 Å². The van der Waals surface area contributed by atoms with Crippen LogP contribution in [0.1, 0.15) is 24.0 Å². The van der Waals surface area contributed by atoms with E-state index < -0.39 is 5.82 Å². The number of nitrogens with one attached hydrogen (secondary N) is 1. The summed E-state index contributed by atoms with van der Waals surface area (Å²) < 4.78 is 20.3. The number of likely N-dealkylation sites (tertiary alicyclic amines) is 1. The van der Waals surface area contributed by atoms with Crippen LogP contribution in [0, 0.1) is 24.1 Å². The van der Waals surface area contributed by atoms with Gasteiger partial charge in [0.05, 0.1) is 23.9 Å². The highest BCUT2D eigenvalue weighted by Gasteiger charge is 2.23. The number of β-amino-alcohol motifs (C(OH)–C–C–N with tert-alkyl or cyclic N) is 1. The lowest BCUT2D eigenvalue weighted by molar-refractivity contribution is 0.166. The zero-order valence-corrected chi connectivity index (χ0v) is 16.5. The van der Waals surface area contributed by atoms with Gasteiger partial charge in [-0.2, -0.15) is 10.2 Å². The third-order valence-corrected chi connectivity index (χ3v) is 5.27. The van der Waals surface area contributed by atoms with E-state index in [0.717, 1.165) is 25.9 Å². The summed E-state index contributed by atoms with van der Waals surface area (Å²) >= 11 is 0. The Hall–Kier alpha value is -3.22. The summed E-state index contributed by atoms with van der Waals surface area (Å²) in [6, 6.07) is 6.35. The average Bonchev–Trinajstić information content (AvgIpc) is 3.11. The third-order valence-electron chi connectivity index (χ3n) is 5.27. The molecule has 1 atom stereocenters. The molecule has 0 radical (unpaired) electrons. The molecule has 1 aliphatic rings. The van der Waals surface area contributed by atoms with Crippen LogP contribution < -0.4 is 5.32 Å². The van der Waals surface area contributed by atoms with Crippen molar-refractivity contribution in [2.45, 2.75) is 25.8 Å². The lowest BCUT2D eigenvalue weighted by Crippen LogP contribution is -2.43. The Morgan fingerprint density at radius 1 is 1.37 bits per heavy atom. The van der Waals surface area contributed by atoms with Gasteiger partial charge < -0.3 is 19.9 Å². The number of pyridine rings is 1. The molecule has 2 aromatic heterocycles. The normalized spacial score (nSPS) is 17.2. The number of rotatable bonds is 5. The number of oxazole rings is 1. The Morgan fingerprint density at radius 2 is 2.20 bits per heavy atom. The number of aromatic nitrogens is 2. The van der Waals surface area contributed by atoms with Crippen LogP contribution in [0.4, 0.5) is 10.4 Å². The first-order valence-corrected chi connectivity index (χ1v) is 9.79. The molecule has 3 heterocycles. The van der Waals surface area contributed by atoms with E-state index in [2.05, 4.69) is 20.2 Å². The van der Waals surface area contributed by atoms with Gasteiger partial charge in [-0.25, -0.2) is 9.37 Å². The molecular formula is C21H22FN5O3. The molecule has 3 aromatic rings. The van der Waals surface area contributed by atoms with Gasteiger partial charge in [0.2, 0.25) is 11.2 Å². The standard InChI is InChI=1S/C21H22FN5O3/c1-12-7-13(10-23)8-17(29)18(12)16-9-15(22)19-20(25-16)26-21(30-19)24-14-3-2-4-27(11-14)5-6-28/h7-9,14,28-29H,2-6,11H2,1H3,(H,24,25,26)/t14-/m1/s1. The van der Waals surface area contributed by atoms with Crippen molar-refractivity contribution in [2.75, 3.05) is 31.6 Å². The Balaban J connectivity index is 1.63. The Kier molecular flexibility index (Phi) is 5.53. The van der Waals surface area contributed by atoms with E-state index in [9.17, 15) is 9.50 Å². The lowest BCUT2D eigenvalue weighted by Gasteiger charge is -2.32. The number of phenols is 1. The predicted molar refractivity (Wildman–Crippen MR) is 108 cm³/mol. The lowest BCUT2D eigenvalue weighted by atomic mass is 10.0. The molecule has 0 amide bonds. The maximum atomic E-state index is 14.7. The van der Waals surface area contributed by atoms with E-state index in [0.29, 0.717) is 23.2 Å². The van der Waals surface area contributed by atoms with E-state index in [4.69, 9.17) is 14.8 Å². The van der Waals surface area contributed by atoms with E-state index in [1.807, 2.05) is 6.07 Å². The number of benzene rings is 1. The molecule has 1 aliphatic heterocycles. The quantitative estimate of drug-likeness (QED) is 0.587.